The van der Waals surface area contributed by atoms with E-state index in [1.807, 2.05) is 19.9 Å². The lowest BCUT2D eigenvalue weighted by Crippen LogP contribution is -2.00. The first kappa shape index (κ1) is 11.6. The summed E-state index contributed by atoms with van der Waals surface area (Å²) in [5.74, 6) is 0.845. The summed E-state index contributed by atoms with van der Waals surface area (Å²) in [7, 11) is 0. The second kappa shape index (κ2) is 4.01. The van der Waals surface area contributed by atoms with Gasteiger partial charge >= 0.3 is 0 Å². The minimum atomic E-state index is -0.466. The van der Waals surface area contributed by atoms with Gasteiger partial charge < -0.3 is 5.73 Å². The number of nitrogen functional groups attached to an aromatic ring is 1. The standard InChI is InChI=1S/C13H12FN5/c1-7-5-12-17-18-13(19(12)8(2)16-7)9-3-4-11(15)10(14)6-9/h3-6H,15H2,1-2H3. The molecule has 2 heterocycles. The van der Waals surface area contributed by atoms with Crippen molar-refractivity contribution in [3.05, 3.63) is 41.6 Å². The summed E-state index contributed by atoms with van der Waals surface area (Å²) < 4.78 is 15.3. The van der Waals surface area contributed by atoms with E-state index in [9.17, 15) is 4.39 Å². The van der Waals surface area contributed by atoms with E-state index in [1.54, 1.807) is 10.5 Å². The molecule has 0 amide bonds. The molecule has 0 aliphatic heterocycles. The number of anilines is 1. The molecule has 0 radical (unpaired) electrons. The van der Waals surface area contributed by atoms with Crippen molar-refractivity contribution in [1.82, 2.24) is 19.6 Å². The van der Waals surface area contributed by atoms with Crippen molar-refractivity contribution in [2.24, 2.45) is 0 Å². The number of hydrogen-bond acceptors (Lipinski definition) is 4. The molecule has 0 bridgehead atoms. The van der Waals surface area contributed by atoms with Gasteiger partial charge in [0, 0.05) is 17.3 Å². The predicted molar refractivity (Wildman–Crippen MR) is 70.1 cm³/mol. The molecular weight excluding hydrogens is 245 g/mol. The third kappa shape index (κ3) is 1.81. The Labute approximate surface area is 108 Å². The summed E-state index contributed by atoms with van der Waals surface area (Å²) in [4.78, 5) is 4.36. The Hall–Kier alpha value is -2.50. The van der Waals surface area contributed by atoms with Gasteiger partial charge in [-0.15, -0.1) is 10.2 Å². The Kier molecular flexibility index (Phi) is 2.45. The number of aromatic nitrogens is 4. The fraction of sp³-hybridized carbons (Fsp3) is 0.154. The van der Waals surface area contributed by atoms with E-state index in [0.717, 1.165) is 11.5 Å². The van der Waals surface area contributed by atoms with Crippen LogP contribution in [0, 0.1) is 19.7 Å². The fourth-order valence-electron chi connectivity index (χ4n) is 2.09. The minimum absolute atomic E-state index is 0.114. The Morgan fingerprint density at radius 1 is 1.16 bits per heavy atom. The first-order valence-corrected chi connectivity index (χ1v) is 5.81. The molecule has 1 aromatic carbocycles. The lowest BCUT2D eigenvalue weighted by molar-refractivity contribution is 0.633. The summed E-state index contributed by atoms with van der Waals surface area (Å²) >= 11 is 0. The minimum Gasteiger partial charge on any atom is -0.396 e. The number of nitrogens with two attached hydrogens (primary N) is 1. The van der Waals surface area contributed by atoms with Crippen LogP contribution in [0.4, 0.5) is 10.1 Å². The zero-order valence-electron chi connectivity index (χ0n) is 10.6. The molecule has 0 spiro atoms. The molecule has 0 aliphatic rings. The molecule has 0 atom stereocenters. The van der Waals surface area contributed by atoms with Crippen LogP contribution < -0.4 is 5.73 Å². The fourth-order valence-corrected chi connectivity index (χ4v) is 2.09. The first-order chi connectivity index (χ1) is 9.06. The van der Waals surface area contributed by atoms with Crippen LogP contribution in [-0.2, 0) is 0 Å². The van der Waals surface area contributed by atoms with Gasteiger partial charge in [-0.3, -0.25) is 4.40 Å². The number of hydrogen-bond donors (Lipinski definition) is 1. The number of nitrogens with zero attached hydrogens (tertiary/aromatic N) is 4. The molecule has 5 nitrogen and oxygen atoms in total. The number of benzene rings is 1. The maximum atomic E-state index is 13.5. The second-order valence-corrected chi connectivity index (χ2v) is 4.40. The Bertz CT molecular complexity index is 778. The smallest absolute Gasteiger partial charge is 0.169 e. The summed E-state index contributed by atoms with van der Waals surface area (Å²) in [5, 5.41) is 8.19. The van der Waals surface area contributed by atoms with Gasteiger partial charge in [0.15, 0.2) is 11.5 Å². The van der Waals surface area contributed by atoms with Gasteiger partial charge in [0.25, 0.3) is 0 Å². The molecule has 0 fully saturated rings. The van der Waals surface area contributed by atoms with Gasteiger partial charge in [-0.05, 0) is 32.0 Å². The SMILES string of the molecule is Cc1cc2nnc(-c3ccc(N)c(F)c3)n2c(C)n1. The van der Waals surface area contributed by atoms with E-state index in [0.29, 0.717) is 17.0 Å². The van der Waals surface area contributed by atoms with Crippen LogP contribution in [0.15, 0.2) is 24.3 Å². The molecule has 96 valence electrons. The maximum Gasteiger partial charge on any atom is 0.169 e. The predicted octanol–water partition coefficient (Wildman–Crippen LogP) is 2.13. The third-order valence-corrected chi connectivity index (χ3v) is 2.95. The highest BCUT2D eigenvalue weighted by Gasteiger charge is 2.12. The van der Waals surface area contributed by atoms with Crippen molar-refractivity contribution >= 4 is 11.3 Å². The zero-order chi connectivity index (χ0) is 13.6. The van der Waals surface area contributed by atoms with Crippen molar-refractivity contribution in [1.29, 1.82) is 0 Å². The Morgan fingerprint density at radius 3 is 2.68 bits per heavy atom. The second-order valence-electron chi connectivity index (χ2n) is 4.40. The van der Waals surface area contributed by atoms with Crippen LogP contribution >= 0.6 is 0 Å². The molecule has 2 aromatic heterocycles. The van der Waals surface area contributed by atoms with E-state index >= 15 is 0 Å². The molecule has 3 aromatic rings. The highest BCUT2D eigenvalue weighted by Crippen LogP contribution is 2.23. The molecule has 2 N–H and O–H groups in total. The summed E-state index contributed by atoms with van der Waals surface area (Å²) in [6.07, 6.45) is 0. The Balaban J connectivity index is 2.28. The average Bonchev–Trinajstić information content (AvgIpc) is 2.76. The molecule has 0 saturated carbocycles. The van der Waals surface area contributed by atoms with Crippen LogP contribution in [0.5, 0.6) is 0 Å². The van der Waals surface area contributed by atoms with Crippen molar-refractivity contribution in [3.8, 4) is 11.4 Å². The molecule has 0 aliphatic carbocycles. The average molecular weight is 257 g/mol. The van der Waals surface area contributed by atoms with Crippen molar-refractivity contribution in [2.45, 2.75) is 13.8 Å². The topological polar surface area (TPSA) is 69.1 Å². The zero-order valence-corrected chi connectivity index (χ0v) is 10.6. The van der Waals surface area contributed by atoms with Gasteiger partial charge in [0.05, 0.1) is 5.69 Å². The van der Waals surface area contributed by atoms with Gasteiger partial charge in [0.2, 0.25) is 0 Å². The molecule has 6 heteroatoms. The van der Waals surface area contributed by atoms with Crippen LogP contribution in [0.2, 0.25) is 0 Å². The number of aryl methyl sites for hydroxylation is 2. The monoisotopic (exact) mass is 257 g/mol. The van der Waals surface area contributed by atoms with Gasteiger partial charge in [-0.25, -0.2) is 9.37 Å². The van der Waals surface area contributed by atoms with E-state index < -0.39 is 5.82 Å². The van der Waals surface area contributed by atoms with E-state index in [-0.39, 0.29) is 5.69 Å². The largest absolute Gasteiger partial charge is 0.396 e. The molecular formula is C13H12FN5. The van der Waals surface area contributed by atoms with Crippen LogP contribution in [0.3, 0.4) is 0 Å². The normalized spacial score (nSPS) is 11.1. The highest BCUT2D eigenvalue weighted by atomic mass is 19.1. The van der Waals surface area contributed by atoms with Gasteiger partial charge in [0.1, 0.15) is 11.6 Å². The number of halogens is 1. The molecule has 3 rings (SSSR count). The summed E-state index contributed by atoms with van der Waals surface area (Å²) in [5.41, 5.74) is 7.77. The summed E-state index contributed by atoms with van der Waals surface area (Å²) in [6.45, 7) is 3.75. The molecule has 0 saturated heterocycles. The first-order valence-electron chi connectivity index (χ1n) is 5.81. The van der Waals surface area contributed by atoms with Crippen molar-refractivity contribution in [3.63, 3.8) is 0 Å². The lowest BCUT2D eigenvalue weighted by atomic mass is 10.2. The summed E-state index contributed by atoms with van der Waals surface area (Å²) in [6, 6.07) is 6.42. The van der Waals surface area contributed by atoms with Crippen molar-refractivity contribution < 1.29 is 4.39 Å². The van der Waals surface area contributed by atoms with Crippen LogP contribution in [0.25, 0.3) is 17.0 Å². The lowest BCUT2D eigenvalue weighted by Gasteiger charge is -2.05. The number of rotatable bonds is 1. The molecule has 0 unspecified atom stereocenters. The molecule has 19 heavy (non-hydrogen) atoms. The van der Waals surface area contributed by atoms with Crippen LogP contribution in [-0.4, -0.2) is 19.6 Å². The van der Waals surface area contributed by atoms with Crippen LogP contribution in [0.1, 0.15) is 11.5 Å². The van der Waals surface area contributed by atoms with Gasteiger partial charge in [-0.1, -0.05) is 0 Å². The van der Waals surface area contributed by atoms with Gasteiger partial charge in [-0.2, -0.15) is 0 Å². The third-order valence-electron chi connectivity index (χ3n) is 2.95. The quantitative estimate of drug-likeness (QED) is 0.678. The number of fused-ring (bicyclic) bond motifs is 1. The Morgan fingerprint density at radius 2 is 1.95 bits per heavy atom. The van der Waals surface area contributed by atoms with E-state index in [4.69, 9.17) is 5.73 Å². The van der Waals surface area contributed by atoms with E-state index in [2.05, 4.69) is 15.2 Å². The maximum absolute atomic E-state index is 13.5. The van der Waals surface area contributed by atoms with E-state index in [1.165, 1.54) is 12.1 Å². The van der Waals surface area contributed by atoms with Crippen molar-refractivity contribution in [2.75, 3.05) is 5.73 Å². The highest BCUT2D eigenvalue weighted by molar-refractivity contribution is 5.62.